The fourth-order valence-electron chi connectivity index (χ4n) is 2.85. The van der Waals surface area contributed by atoms with Crippen molar-refractivity contribution in [3.8, 4) is 0 Å². The van der Waals surface area contributed by atoms with Crippen LogP contribution in [0.3, 0.4) is 0 Å². The maximum atomic E-state index is 4.41. The van der Waals surface area contributed by atoms with Crippen molar-refractivity contribution in [1.29, 1.82) is 0 Å². The van der Waals surface area contributed by atoms with Crippen molar-refractivity contribution in [3.63, 3.8) is 0 Å². The highest BCUT2D eigenvalue weighted by atomic mass is 15.6. The molecular weight excluding hydrogens is 300 g/mol. The molecule has 1 N–H and O–H groups in total. The largest absolute Gasteiger partial charge is 0.362 e. The van der Waals surface area contributed by atoms with Gasteiger partial charge in [0.1, 0.15) is 5.82 Å². The first kappa shape index (κ1) is 16.4. The van der Waals surface area contributed by atoms with Crippen LogP contribution in [0.4, 0.5) is 5.82 Å². The van der Waals surface area contributed by atoms with Crippen molar-refractivity contribution >= 4 is 11.5 Å². The minimum absolute atomic E-state index is 0.180. The minimum Gasteiger partial charge on any atom is -0.362 e. The van der Waals surface area contributed by atoms with Crippen LogP contribution in [0, 0.1) is 11.8 Å². The number of hydrogen-bond donors (Lipinski definition) is 1. The second kappa shape index (κ2) is 6.95. The molecule has 24 heavy (non-hydrogen) atoms. The Morgan fingerprint density at radius 2 is 1.75 bits per heavy atom. The zero-order valence-corrected chi connectivity index (χ0v) is 14.6. The molecule has 1 aromatic carbocycles. The lowest BCUT2D eigenvalue weighted by atomic mass is 9.94. The first-order chi connectivity index (χ1) is 11.5. The van der Waals surface area contributed by atoms with E-state index in [0.717, 1.165) is 12.2 Å². The number of rotatable bonds is 6. The third-order valence-corrected chi connectivity index (χ3v) is 4.02. The standard InChI is InChI=1S/C18H24N6/c1-12(2)11-14-5-7-15(8-6-14)18(13(3)4)19-16-9-10-17-20-22-23-24(17)21-16/h5-10,12-13,18H,11H2,1-4H3,(H,19,21)/t18-/m1/s1. The van der Waals surface area contributed by atoms with E-state index in [1.807, 2.05) is 12.1 Å². The highest BCUT2D eigenvalue weighted by Crippen LogP contribution is 2.26. The highest BCUT2D eigenvalue weighted by Gasteiger charge is 2.17. The molecular formula is C18H24N6. The van der Waals surface area contributed by atoms with Gasteiger partial charge in [0.15, 0.2) is 5.65 Å². The van der Waals surface area contributed by atoms with E-state index in [9.17, 15) is 0 Å². The Bertz CT molecular complexity index is 791. The molecule has 0 aliphatic rings. The lowest BCUT2D eigenvalue weighted by molar-refractivity contribution is 0.542. The van der Waals surface area contributed by atoms with Gasteiger partial charge >= 0.3 is 0 Å². The molecule has 0 fully saturated rings. The normalized spacial score (nSPS) is 12.9. The Morgan fingerprint density at radius 1 is 1.00 bits per heavy atom. The summed E-state index contributed by atoms with van der Waals surface area (Å²) in [5.41, 5.74) is 3.28. The van der Waals surface area contributed by atoms with Crippen molar-refractivity contribution in [3.05, 3.63) is 47.5 Å². The number of tetrazole rings is 1. The molecule has 0 spiro atoms. The highest BCUT2D eigenvalue weighted by molar-refractivity contribution is 5.44. The van der Waals surface area contributed by atoms with E-state index in [1.54, 1.807) is 0 Å². The molecule has 6 heteroatoms. The van der Waals surface area contributed by atoms with Gasteiger partial charge in [-0.1, -0.05) is 52.0 Å². The topological polar surface area (TPSA) is 68.0 Å². The predicted molar refractivity (Wildman–Crippen MR) is 94.8 cm³/mol. The van der Waals surface area contributed by atoms with Gasteiger partial charge in [-0.25, -0.2) is 0 Å². The van der Waals surface area contributed by atoms with Crippen molar-refractivity contribution < 1.29 is 0 Å². The SMILES string of the molecule is CC(C)Cc1ccc([C@H](Nc2ccc3nnnn3n2)C(C)C)cc1. The summed E-state index contributed by atoms with van der Waals surface area (Å²) in [6.07, 6.45) is 1.11. The summed E-state index contributed by atoms with van der Waals surface area (Å²) < 4.78 is 1.44. The van der Waals surface area contributed by atoms with E-state index >= 15 is 0 Å². The molecule has 0 aliphatic carbocycles. The van der Waals surface area contributed by atoms with Gasteiger partial charge in [0.2, 0.25) is 0 Å². The van der Waals surface area contributed by atoms with Crippen LogP contribution in [-0.2, 0) is 6.42 Å². The molecule has 126 valence electrons. The Morgan fingerprint density at radius 3 is 2.42 bits per heavy atom. The molecule has 0 unspecified atom stereocenters. The molecule has 2 heterocycles. The van der Waals surface area contributed by atoms with Crippen LogP contribution in [0.15, 0.2) is 36.4 Å². The minimum atomic E-state index is 0.180. The summed E-state index contributed by atoms with van der Waals surface area (Å²) in [5, 5.41) is 19.3. The lowest BCUT2D eigenvalue weighted by Crippen LogP contribution is -2.18. The van der Waals surface area contributed by atoms with Crippen molar-refractivity contribution in [2.24, 2.45) is 11.8 Å². The van der Waals surface area contributed by atoms with Crippen LogP contribution in [0.25, 0.3) is 5.65 Å². The van der Waals surface area contributed by atoms with Gasteiger partial charge in [-0.05, 0) is 51.9 Å². The number of aromatic nitrogens is 5. The maximum Gasteiger partial charge on any atom is 0.200 e. The molecule has 0 radical (unpaired) electrons. The number of nitrogens with zero attached hydrogens (tertiary/aromatic N) is 5. The number of anilines is 1. The van der Waals surface area contributed by atoms with E-state index in [2.05, 4.69) is 77.9 Å². The Balaban J connectivity index is 1.81. The first-order valence-corrected chi connectivity index (χ1v) is 8.43. The Labute approximate surface area is 142 Å². The number of nitrogens with one attached hydrogen (secondary N) is 1. The van der Waals surface area contributed by atoms with Gasteiger partial charge in [-0.3, -0.25) is 0 Å². The average Bonchev–Trinajstić information content (AvgIpc) is 3.00. The molecule has 3 rings (SSSR count). The number of benzene rings is 1. The predicted octanol–water partition coefficient (Wildman–Crippen LogP) is 3.53. The van der Waals surface area contributed by atoms with E-state index in [-0.39, 0.29) is 6.04 Å². The molecule has 0 saturated heterocycles. The van der Waals surface area contributed by atoms with E-state index in [1.165, 1.54) is 15.8 Å². The molecule has 0 saturated carbocycles. The first-order valence-electron chi connectivity index (χ1n) is 8.43. The van der Waals surface area contributed by atoms with E-state index < -0.39 is 0 Å². The number of fused-ring (bicyclic) bond motifs is 1. The van der Waals surface area contributed by atoms with Crippen LogP contribution in [0.5, 0.6) is 0 Å². The molecule has 0 bridgehead atoms. The average molecular weight is 324 g/mol. The third kappa shape index (κ3) is 3.69. The van der Waals surface area contributed by atoms with E-state index in [4.69, 9.17) is 0 Å². The summed E-state index contributed by atoms with van der Waals surface area (Å²) in [6.45, 7) is 8.89. The van der Waals surface area contributed by atoms with Gasteiger partial charge in [-0.2, -0.15) is 0 Å². The lowest BCUT2D eigenvalue weighted by Gasteiger charge is -2.23. The second-order valence-electron chi connectivity index (χ2n) is 6.95. The van der Waals surface area contributed by atoms with Crippen LogP contribution < -0.4 is 5.32 Å². The molecule has 2 aromatic heterocycles. The molecule has 0 amide bonds. The fraction of sp³-hybridized carbons (Fsp3) is 0.444. The van der Waals surface area contributed by atoms with Gasteiger partial charge < -0.3 is 5.32 Å². The van der Waals surface area contributed by atoms with E-state index in [0.29, 0.717) is 17.5 Å². The summed E-state index contributed by atoms with van der Waals surface area (Å²) in [7, 11) is 0. The summed E-state index contributed by atoms with van der Waals surface area (Å²) in [4.78, 5) is 0. The molecule has 0 aliphatic heterocycles. The quantitative estimate of drug-likeness (QED) is 0.751. The van der Waals surface area contributed by atoms with Crippen molar-refractivity contribution in [2.45, 2.75) is 40.2 Å². The van der Waals surface area contributed by atoms with Crippen LogP contribution >= 0.6 is 0 Å². The summed E-state index contributed by atoms with van der Waals surface area (Å²) in [6, 6.07) is 12.8. The monoisotopic (exact) mass is 324 g/mol. The summed E-state index contributed by atoms with van der Waals surface area (Å²) in [5.74, 6) is 1.86. The van der Waals surface area contributed by atoms with Crippen molar-refractivity contribution in [1.82, 2.24) is 25.3 Å². The Kier molecular flexibility index (Phi) is 4.74. The molecule has 3 aromatic rings. The Hall–Kier alpha value is -2.50. The van der Waals surface area contributed by atoms with Crippen LogP contribution in [0.2, 0.25) is 0 Å². The smallest absolute Gasteiger partial charge is 0.200 e. The van der Waals surface area contributed by atoms with Gasteiger partial charge in [0.05, 0.1) is 6.04 Å². The number of hydrogen-bond acceptors (Lipinski definition) is 5. The second-order valence-corrected chi connectivity index (χ2v) is 6.95. The van der Waals surface area contributed by atoms with Crippen LogP contribution in [-0.4, -0.2) is 25.3 Å². The molecule has 1 atom stereocenters. The third-order valence-electron chi connectivity index (χ3n) is 4.02. The zero-order valence-electron chi connectivity index (χ0n) is 14.6. The fourth-order valence-corrected chi connectivity index (χ4v) is 2.85. The summed E-state index contributed by atoms with van der Waals surface area (Å²) >= 11 is 0. The van der Waals surface area contributed by atoms with Gasteiger partial charge in [0, 0.05) is 0 Å². The molecule has 6 nitrogen and oxygen atoms in total. The maximum absolute atomic E-state index is 4.41. The van der Waals surface area contributed by atoms with Gasteiger partial charge in [-0.15, -0.1) is 14.8 Å². The zero-order chi connectivity index (χ0) is 17.1. The van der Waals surface area contributed by atoms with Gasteiger partial charge in [0.25, 0.3) is 0 Å². The van der Waals surface area contributed by atoms with Crippen LogP contribution in [0.1, 0.15) is 44.9 Å². The van der Waals surface area contributed by atoms with Crippen molar-refractivity contribution in [2.75, 3.05) is 5.32 Å².